The summed E-state index contributed by atoms with van der Waals surface area (Å²) in [5.74, 6) is 0.772. The third kappa shape index (κ3) is 4.52. The van der Waals surface area contributed by atoms with Gasteiger partial charge in [0.1, 0.15) is 0 Å². The molecule has 90 valence electrons. The van der Waals surface area contributed by atoms with Crippen molar-refractivity contribution in [3.05, 3.63) is 26.9 Å². The van der Waals surface area contributed by atoms with Crippen LogP contribution >= 0.6 is 31.9 Å². The molecular weight excluding hydrogens is 332 g/mol. The van der Waals surface area contributed by atoms with Gasteiger partial charge in [0.2, 0.25) is 0 Å². The van der Waals surface area contributed by atoms with E-state index < -0.39 is 0 Å². The maximum atomic E-state index is 4.37. The summed E-state index contributed by atoms with van der Waals surface area (Å²) < 4.78 is 2.06. The zero-order valence-electron chi connectivity index (χ0n) is 9.76. The second-order valence-electron chi connectivity index (χ2n) is 3.90. The molecule has 1 aromatic rings. The smallest absolute Gasteiger partial charge is 0.0684 e. The predicted octanol–water partition coefficient (Wildman–Crippen LogP) is 4.13. The normalized spacial score (nSPS) is 11.1. The number of pyridine rings is 1. The highest BCUT2D eigenvalue weighted by Gasteiger charge is 2.05. The van der Waals surface area contributed by atoms with Crippen LogP contribution in [0.3, 0.4) is 0 Å². The molecule has 2 nitrogen and oxygen atoms in total. The van der Waals surface area contributed by atoms with E-state index in [9.17, 15) is 0 Å². The number of nitrogens with zero attached hydrogens (tertiary/aromatic N) is 1. The first-order chi connectivity index (χ1) is 7.67. The molecule has 0 saturated heterocycles. The SMILES string of the molecule is CCC(CC)CNCc1ncc(Br)cc1Br. The zero-order chi connectivity index (χ0) is 12.0. The summed E-state index contributed by atoms with van der Waals surface area (Å²) in [4.78, 5) is 4.37. The number of halogens is 2. The molecule has 4 heteroatoms. The second kappa shape index (κ2) is 7.41. The van der Waals surface area contributed by atoms with Gasteiger partial charge in [-0.2, -0.15) is 0 Å². The molecule has 0 bridgehead atoms. The molecule has 0 aliphatic rings. The Labute approximate surface area is 114 Å². The highest BCUT2D eigenvalue weighted by molar-refractivity contribution is 9.11. The molecule has 0 fully saturated rings. The van der Waals surface area contributed by atoms with Crippen LogP contribution in [0.1, 0.15) is 32.4 Å². The van der Waals surface area contributed by atoms with Crippen molar-refractivity contribution in [1.82, 2.24) is 10.3 Å². The average molecular weight is 350 g/mol. The summed E-state index contributed by atoms with van der Waals surface area (Å²) in [6.07, 6.45) is 4.30. The number of nitrogens with one attached hydrogen (secondary N) is 1. The van der Waals surface area contributed by atoms with Crippen LogP contribution in [0, 0.1) is 5.92 Å². The Kier molecular flexibility index (Phi) is 6.54. The monoisotopic (exact) mass is 348 g/mol. The first-order valence-corrected chi connectivity index (χ1v) is 7.26. The minimum absolute atomic E-state index is 0.772. The van der Waals surface area contributed by atoms with Crippen molar-refractivity contribution in [1.29, 1.82) is 0 Å². The quantitative estimate of drug-likeness (QED) is 0.835. The topological polar surface area (TPSA) is 24.9 Å². The van der Waals surface area contributed by atoms with Gasteiger partial charge < -0.3 is 5.32 Å². The molecule has 0 spiro atoms. The van der Waals surface area contributed by atoms with E-state index in [0.29, 0.717) is 0 Å². The number of hydrogen-bond acceptors (Lipinski definition) is 2. The van der Waals surface area contributed by atoms with Crippen LogP contribution in [0.25, 0.3) is 0 Å². The van der Waals surface area contributed by atoms with E-state index >= 15 is 0 Å². The van der Waals surface area contributed by atoms with E-state index in [1.165, 1.54) is 12.8 Å². The summed E-state index contributed by atoms with van der Waals surface area (Å²) in [5.41, 5.74) is 1.06. The average Bonchev–Trinajstić information content (AvgIpc) is 2.27. The van der Waals surface area contributed by atoms with E-state index in [1.54, 1.807) is 0 Å². The summed E-state index contributed by atoms with van der Waals surface area (Å²) in [5, 5.41) is 3.46. The lowest BCUT2D eigenvalue weighted by atomic mass is 10.0. The molecule has 0 aliphatic carbocycles. The minimum Gasteiger partial charge on any atom is -0.311 e. The lowest BCUT2D eigenvalue weighted by molar-refractivity contribution is 0.447. The van der Waals surface area contributed by atoms with Crippen LogP contribution in [-0.2, 0) is 6.54 Å². The van der Waals surface area contributed by atoms with E-state index in [0.717, 1.165) is 33.6 Å². The summed E-state index contributed by atoms with van der Waals surface area (Å²) in [6, 6.07) is 2.03. The van der Waals surface area contributed by atoms with Crippen LogP contribution < -0.4 is 5.32 Å². The Hall–Kier alpha value is 0.0700. The summed E-state index contributed by atoms with van der Waals surface area (Å²) in [6.45, 7) is 6.37. The van der Waals surface area contributed by atoms with Gasteiger partial charge in [0, 0.05) is 21.7 Å². The summed E-state index contributed by atoms with van der Waals surface area (Å²) >= 11 is 6.91. The highest BCUT2D eigenvalue weighted by atomic mass is 79.9. The predicted molar refractivity (Wildman–Crippen MR) is 75.4 cm³/mol. The second-order valence-corrected chi connectivity index (χ2v) is 5.67. The van der Waals surface area contributed by atoms with Gasteiger partial charge in [-0.25, -0.2) is 0 Å². The number of rotatable bonds is 6. The van der Waals surface area contributed by atoms with Crippen molar-refractivity contribution in [2.45, 2.75) is 33.2 Å². The Balaban J connectivity index is 2.42. The molecule has 0 saturated carbocycles. The van der Waals surface area contributed by atoms with E-state index in [4.69, 9.17) is 0 Å². The minimum atomic E-state index is 0.772. The number of aromatic nitrogens is 1. The molecule has 0 atom stereocenters. The largest absolute Gasteiger partial charge is 0.311 e. The maximum Gasteiger partial charge on any atom is 0.0684 e. The Bertz CT molecular complexity index is 325. The van der Waals surface area contributed by atoms with Gasteiger partial charge in [0.25, 0.3) is 0 Å². The van der Waals surface area contributed by atoms with Gasteiger partial charge >= 0.3 is 0 Å². The van der Waals surface area contributed by atoms with Gasteiger partial charge in [0.05, 0.1) is 5.69 Å². The van der Waals surface area contributed by atoms with Crippen molar-refractivity contribution in [3.8, 4) is 0 Å². The molecular formula is C12H18Br2N2. The van der Waals surface area contributed by atoms with Gasteiger partial charge in [-0.3, -0.25) is 4.98 Å². The van der Waals surface area contributed by atoms with Crippen LogP contribution in [0.5, 0.6) is 0 Å². The van der Waals surface area contributed by atoms with Crippen molar-refractivity contribution in [2.24, 2.45) is 5.92 Å². The molecule has 1 aromatic heterocycles. The van der Waals surface area contributed by atoms with Crippen LogP contribution in [0.4, 0.5) is 0 Å². The molecule has 0 aliphatic heterocycles. The standard InChI is InChI=1S/C12H18Br2N2/c1-3-9(4-2)6-15-8-12-11(14)5-10(13)7-16-12/h5,7,9,15H,3-4,6,8H2,1-2H3. The fourth-order valence-corrected chi connectivity index (χ4v) is 2.67. The van der Waals surface area contributed by atoms with Gasteiger partial charge in [0.15, 0.2) is 0 Å². The van der Waals surface area contributed by atoms with Gasteiger partial charge in [-0.1, -0.05) is 26.7 Å². The maximum absolute atomic E-state index is 4.37. The summed E-state index contributed by atoms with van der Waals surface area (Å²) in [7, 11) is 0. The van der Waals surface area contributed by atoms with Gasteiger partial charge in [-0.05, 0) is 50.4 Å². The van der Waals surface area contributed by atoms with Crippen molar-refractivity contribution >= 4 is 31.9 Å². The van der Waals surface area contributed by atoms with Crippen LogP contribution in [0.15, 0.2) is 21.2 Å². The molecule has 1 heterocycles. The molecule has 0 radical (unpaired) electrons. The molecule has 1 N–H and O–H groups in total. The lowest BCUT2D eigenvalue weighted by Gasteiger charge is -2.13. The fraction of sp³-hybridized carbons (Fsp3) is 0.583. The molecule has 0 aromatic carbocycles. The lowest BCUT2D eigenvalue weighted by Crippen LogP contribution is -2.22. The van der Waals surface area contributed by atoms with Crippen molar-refractivity contribution in [2.75, 3.05) is 6.54 Å². The fourth-order valence-electron chi connectivity index (χ4n) is 1.55. The Morgan fingerprint density at radius 2 is 2.00 bits per heavy atom. The third-order valence-electron chi connectivity index (χ3n) is 2.76. The first kappa shape index (κ1) is 14.1. The van der Waals surface area contributed by atoms with Crippen molar-refractivity contribution in [3.63, 3.8) is 0 Å². The highest BCUT2D eigenvalue weighted by Crippen LogP contribution is 2.19. The van der Waals surface area contributed by atoms with E-state index in [-0.39, 0.29) is 0 Å². The molecule has 0 unspecified atom stereocenters. The van der Waals surface area contributed by atoms with Crippen LogP contribution in [-0.4, -0.2) is 11.5 Å². The zero-order valence-corrected chi connectivity index (χ0v) is 12.9. The van der Waals surface area contributed by atoms with E-state index in [1.807, 2.05) is 12.3 Å². The Morgan fingerprint density at radius 3 is 2.56 bits per heavy atom. The van der Waals surface area contributed by atoms with E-state index in [2.05, 4.69) is 56.0 Å². The molecule has 0 amide bonds. The van der Waals surface area contributed by atoms with Crippen molar-refractivity contribution < 1.29 is 0 Å². The molecule has 16 heavy (non-hydrogen) atoms. The van der Waals surface area contributed by atoms with Crippen LogP contribution in [0.2, 0.25) is 0 Å². The third-order valence-corrected chi connectivity index (χ3v) is 3.88. The molecule has 1 rings (SSSR count). The van der Waals surface area contributed by atoms with Gasteiger partial charge in [-0.15, -0.1) is 0 Å². The Morgan fingerprint density at radius 1 is 1.31 bits per heavy atom. The number of hydrogen-bond donors (Lipinski definition) is 1. The first-order valence-electron chi connectivity index (χ1n) is 5.68.